The van der Waals surface area contributed by atoms with Crippen LogP contribution < -0.4 is 0 Å². The molecular formula is C20H40O6Si. The summed E-state index contributed by atoms with van der Waals surface area (Å²) in [6.07, 6.45) is 3.94. The number of ether oxygens (including phenoxy) is 1. The second-order valence-electron chi connectivity index (χ2n) is 7.20. The van der Waals surface area contributed by atoms with E-state index in [4.69, 9.17) is 18.0 Å². The summed E-state index contributed by atoms with van der Waals surface area (Å²) in [7, 11) is -2.60. The molecule has 0 aromatic heterocycles. The maximum Gasteiger partial charge on any atom is 0.500 e. The van der Waals surface area contributed by atoms with Crippen LogP contribution in [0.25, 0.3) is 0 Å². The van der Waals surface area contributed by atoms with Crippen LogP contribution in [0.3, 0.4) is 0 Å². The zero-order valence-corrected chi connectivity index (χ0v) is 19.2. The molecule has 0 saturated heterocycles. The van der Waals surface area contributed by atoms with Crippen molar-refractivity contribution >= 4 is 20.6 Å². The first kappa shape index (κ1) is 26.2. The van der Waals surface area contributed by atoms with Gasteiger partial charge in [0.25, 0.3) is 0 Å². The van der Waals surface area contributed by atoms with Gasteiger partial charge in [-0.2, -0.15) is 0 Å². The molecule has 0 fully saturated rings. The van der Waals surface area contributed by atoms with E-state index in [1.54, 1.807) is 0 Å². The molecule has 0 amide bonds. The van der Waals surface area contributed by atoms with Gasteiger partial charge in [0.1, 0.15) is 5.78 Å². The van der Waals surface area contributed by atoms with Gasteiger partial charge in [0, 0.05) is 38.7 Å². The van der Waals surface area contributed by atoms with Gasteiger partial charge in [0.05, 0.1) is 12.0 Å². The van der Waals surface area contributed by atoms with E-state index in [-0.39, 0.29) is 11.8 Å². The van der Waals surface area contributed by atoms with Crippen LogP contribution in [0, 0.1) is 5.41 Å². The highest BCUT2D eigenvalue weighted by molar-refractivity contribution is 6.60. The van der Waals surface area contributed by atoms with Crippen LogP contribution >= 0.6 is 0 Å². The summed E-state index contributed by atoms with van der Waals surface area (Å²) in [6.45, 7) is 13.5. The highest BCUT2D eigenvalue weighted by atomic mass is 28.4. The lowest BCUT2D eigenvalue weighted by Gasteiger charge is -2.28. The Morgan fingerprint density at radius 1 is 0.815 bits per heavy atom. The van der Waals surface area contributed by atoms with Gasteiger partial charge in [-0.1, -0.05) is 6.92 Å². The first-order valence-electron chi connectivity index (χ1n) is 10.4. The Morgan fingerprint density at radius 3 is 1.81 bits per heavy atom. The highest BCUT2D eigenvalue weighted by Crippen LogP contribution is 2.22. The molecular weight excluding hydrogens is 364 g/mol. The van der Waals surface area contributed by atoms with E-state index in [1.165, 1.54) is 0 Å². The van der Waals surface area contributed by atoms with Crippen molar-refractivity contribution in [1.29, 1.82) is 0 Å². The Bertz CT molecular complexity index is 408. The standard InChI is InChI=1S/C20H40O6Si/c1-7-20(5,6)19(22)23-16-13-15-18(21)14-11-12-17-27(24-8-2,25-9-3)26-10-4/h7-17H2,1-6H3. The third kappa shape index (κ3) is 11.0. The summed E-state index contributed by atoms with van der Waals surface area (Å²) in [5, 5.41) is 0. The van der Waals surface area contributed by atoms with Crippen LogP contribution in [0.5, 0.6) is 0 Å². The quantitative estimate of drug-likeness (QED) is 0.201. The average molecular weight is 405 g/mol. The molecule has 0 aromatic rings. The minimum atomic E-state index is -2.60. The Kier molecular flexibility index (Phi) is 13.9. The van der Waals surface area contributed by atoms with Gasteiger partial charge in [0.15, 0.2) is 0 Å². The number of carbonyl (C=O) groups is 2. The molecule has 6 nitrogen and oxygen atoms in total. The van der Waals surface area contributed by atoms with E-state index in [9.17, 15) is 9.59 Å². The van der Waals surface area contributed by atoms with Crippen LogP contribution in [0.15, 0.2) is 0 Å². The molecule has 160 valence electrons. The summed E-state index contributed by atoms with van der Waals surface area (Å²) >= 11 is 0. The van der Waals surface area contributed by atoms with Gasteiger partial charge in [-0.25, -0.2) is 0 Å². The van der Waals surface area contributed by atoms with Crippen molar-refractivity contribution in [2.24, 2.45) is 5.41 Å². The van der Waals surface area contributed by atoms with Crippen molar-refractivity contribution in [2.45, 2.75) is 86.1 Å². The number of hydrogen-bond acceptors (Lipinski definition) is 6. The second-order valence-corrected chi connectivity index (χ2v) is 9.94. The van der Waals surface area contributed by atoms with Gasteiger partial charge in [-0.15, -0.1) is 0 Å². The molecule has 0 atom stereocenters. The SMILES string of the molecule is CCO[Si](CCCCC(=O)CCCOC(=O)C(C)(C)CC)(OCC)OCC. The number of esters is 1. The number of unbranched alkanes of at least 4 members (excludes halogenated alkanes) is 1. The van der Waals surface area contributed by atoms with Gasteiger partial charge in [-0.3, -0.25) is 9.59 Å². The Balaban J connectivity index is 4.06. The first-order valence-corrected chi connectivity index (χ1v) is 12.3. The molecule has 27 heavy (non-hydrogen) atoms. The molecule has 0 aromatic carbocycles. The summed E-state index contributed by atoms with van der Waals surface area (Å²) in [5.41, 5.74) is -0.456. The Hall–Kier alpha value is -0.763. The third-order valence-electron chi connectivity index (χ3n) is 4.55. The number of rotatable bonds is 17. The summed E-state index contributed by atoms with van der Waals surface area (Å²) < 4.78 is 22.7. The van der Waals surface area contributed by atoms with E-state index in [1.807, 2.05) is 41.5 Å². The maximum atomic E-state index is 12.0. The van der Waals surface area contributed by atoms with Gasteiger partial charge in [-0.05, 0) is 60.3 Å². The van der Waals surface area contributed by atoms with Gasteiger partial charge < -0.3 is 18.0 Å². The second kappa shape index (κ2) is 14.3. The monoisotopic (exact) mass is 404 g/mol. The summed E-state index contributed by atoms with van der Waals surface area (Å²) in [6, 6.07) is 0.736. The molecule has 0 rings (SSSR count). The minimum Gasteiger partial charge on any atom is -0.465 e. The smallest absolute Gasteiger partial charge is 0.465 e. The molecule has 0 bridgehead atoms. The Morgan fingerprint density at radius 2 is 1.33 bits per heavy atom. The number of carbonyl (C=O) groups excluding carboxylic acids is 2. The topological polar surface area (TPSA) is 71.1 Å². The van der Waals surface area contributed by atoms with Crippen molar-refractivity contribution in [1.82, 2.24) is 0 Å². The zero-order valence-electron chi connectivity index (χ0n) is 18.2. The largest absolute Gasteiger partial charge is 0.500 e. The maximum absolute atomic E-state index is 12.0. The average Bonchev–Trinajstić information content (AvgIpc) is 2.63. The van der Waals surface area contributed by atoms with Crippen LogP contribution in [-0.4, -0.2) is 47.0 Å². The lowest BCUT2D eigenvalue weighted by Crippen LogP contribution is -2.45. The van der Waals surface area contributed by atoms with E-state index in [0.29, 0.717) is 45.7 Å². The third-order valence-corrected chi connectivity index (χ3v) is 7.70. The fraction of sp³-hybridized carbons (Fsp3) is 0.900. The summed E-state index contributed by atoms with van der Waals surface area (Å²) in [5.74, 6) is 0.0128. The number of hydrogen-bond donors (Lipinski definition) is 0. The molecule has 0 aliphatic rings. The highest BCUT2D eigenvalue weighted by Gasteiger charge is 2.39. The van der Waals surface area contributed by atoms with Crippen LogP contribution in [0.2, 0.25) is 6.04 Å². The molecule has 0 N–H and O–H groups in total. The van der Waals surface area contributed by atoms with E-state index >= 15 is 0 Å². The molecule has 7 heteroatoms. The molecule has 0 saturated carbocycles. The van der Waals surface area contributed by atoms with Gasteiger partial charge in [0.2, 0.25) is 0 Å². The zero-order chi connectivity index (χ0) is 20.8. The predicted octanol–water partition coefficient (Wildman–Crippen LogP) is 4.53. The van der Waals surface area contributed by atoms with Crippen molar-refractivity contribution in [3.05, 3.63) is 0 Å². The normalized spacial score (nSPS) is 12.2. The Labute approximate surface area is 166 Å². The lowest BCUT2D eigenvalue weighted by molar-refractivity contribution is -0.154. The molecule has 0 heterocycles. The fourth-order valence-electron chi connectivity index (χ4n) is 2.56. The first-order chi connectivity index (χ1) is 12.8. The molecule has 0 radical (unpaired) electrons. The molecule has 0 aliphatic heterocycles. The van der Waals surface area contributed by atoms with E-state index < -0.39 is 14.2 Å². The predicted molar refractivity (Wildman–Crippen MR) is 109 cm³/mol. The fourth-order valence-corrected chi connectivity index (χ4v) is 5.25. The van der Waals surface area contributed by atoms with Crippen LogP contribution in [0.4, 0.5) is 0 Å². The number of ketones is 1. The van der Waals surface area contributed by atoms with Crippen LogP contribution in [0.1, 0.15) is 80.1 Å². The van der Waals surface area contributed by atoms with Crippen LogP contribution in [-0.2, 0) is 27.6 Å². The molecule has 0 spiro atoms. The summed E-state index contributed by atoms with van der Waals surface area (Å²) in [4.78, 5) is 23.9. The minimum absolute atomic E-state index is 0.193. The van der Waals surface area contributed by atoms with Crippen molar-refractivity contribution in [3.8, 4) is 0 Å². The lowest BCUT2D eigenvalue weighted by atomic mass is 9.91. The van der Waals surface area contributed by atoms with E-state index in [0.717, 1.165) is 25.3 Å². The molecule has 0 aliphatic carbocycles. The number of Topliss-reactive ketones (excluding diaryl/α,β-unsaturated/α-hetero) is 1. The van der Waals surface area contributed by atoms with E-state index in [2.05, 4.69) is 0 Å². The van der Waals surface area contributed by atoms with Crippen molar-refractivity contribution in [2.75, 3.05) is 26.4 Å². The van der Waals surface area contributed by atoms with Gasteiger partial charge >= 0.3 is 14.8 Å². The van der Waals surface area contributed by atoms with Crippen molar-refractivity contribution < 1.29 is 27.6 Å². The molecule has 0 unspecified atom stereocenters. The van der Waals surface area contributed by atoms with Crippen molar-refractivity contribution in [3.63, 3.8) is 0 Å².